The average Bonchev–Trinajstić information content (AvgIpc) is 3.10. The maximum Gasteiger partial charge on any atom is 0.182 e. The third-order valence-electron chi connectivity index (χ3n) is 6.69. The zero-order valence-corrected chi connectivity index (χ0v) is 18.8. The van der Waals surface area contributed by atoms with Crippen LogP contribution in [0.4, 0.5) is 5.69 Å². The molecule has 1 heterocycles. The van der Waals surface area contributed by atoms with Gasteiger partial charge in [0.25, 0.3) is 0 Å². The number of rotatable bonds is 1. The molecule has 31 heavy (non-hydrogen) atoms. The Hall–Kier alpha value is -2.70. The number of para-hydroxylation sites is 1. The second kappa shape index (κ2) is 7.18. The summed E-state index contributed by atoms with van der Waals surface area (Å²) < 4.78 is 0. The summed E-state index contributed by atoms with van der Waals surface area (Å²) in [6.45, 7) is 2.11. The lowest BCUT2D eigenvalue weighted by Gasteiger charge is -2.39. The molecule has 3 aromatic carbocycles. The molecule has 4 heteroatoms. The van der Waals surface area contributed by atoms with Crippen LogP contribution in [0.1, 0.15) is 30.0 Å². The number of hydrogen-bond donors (Lipinski definition) is 1. The molecule has 1 aliphatic carbocycles. The summed E-state index contributed by atoms with van der Waals surface area (Å²) in [7, 11) is 1.93. The van der Waals surface area contributed by atoms with Crippen LogP contribution < -0.4 is 4.90 Å². The molecule has 0 bridgehead atoms. The van der Waals surface area contributed by atoms with Gasteiger partial charge in [0.2, 0.25) is 0 Å². The van der Waals surface area contributed by atoms with Crippen molar-refractivity contribution in [3.05, 3.63) is 105 Å². The topological polar surface area (TPSA) is 23.5 Å². The maximum absolute atomic E-state index is 12.3. The molecule has 0 fully saturated rings. The van der Waals surface area contributed by atoms with E-state index in [1.54, 1.807) is 0 Å². The summed E-state index contributed by atoms with van der Waals surface area (Å²) in [6.07, 6.45) is 0.626. The first-order valence-corrected chi connectivity index (χ1v) is 10.9. The number of hydrogen-bond acceptors (Lipinski definition) is 2. The highest BCUT2D eigenvalue weighted by Gasteiger charge is 2.64. The first-order chi connectivity index (χ1) is 14.9. The number of anilines is 1. The molecule has 2 aliphatic rings. The average molecular weight is 446 g/mol. The molecule has 2 nitrogen and oxygen atoms in total. The molecule has 0 saturated carbocycles. The molecule has 2 unspecified atom stereocenters. The van der Waals surface area contributed by atoms with Crippen molar-refractivity contribution in [1.29, 1.82) is 0 Å². The van der Waals surface area contributed by atoms with Crippen LogP contribution in [0.3, 0.4) is 0 Å². The van der Waals surface area contributed by atoms with Gasteiger partial charge in [-0.2, -0.15) is 0 Å². The zero-order valence-electron chi connectivity index (χ0n) is 17.3. The van der Waals surface area contributed by atoms with Crippen molar-refractivity contribution < 1.29 is 5.11 Å². The quantitative estimate of drug-likeness (QED) is 0.444. The summed E-state index contributed by atoms with van der Waals surface area (Å²) in [5.74, 6) is 6.52. The van der Waals surface area contributed by atoms with E-state index in [1.807, 2.05) is 78.7 Å². The third-order valence-corrected chi connectivity index (χ3v) is 7.35. The SMILES string of the molecule is CN1c2ccccc2C2(C)CC(c3ccccc3Cl)=C(C#Cc3ccccc3Cl)C12O. The fraction of sp³-hybridized carbons (Fsp3) is 0.185. The predicted octanol–water partition coefficient (Wildman–Crippen LogP) is 6.30. The number of allylic oxidation sites excluding steroid dienone is 1. The Bertz CT molecular complexity index is 1300. The molecule has 2 atom stereocenters. The van der Waals surface area contributed by atoms with Gasteiger partial charge in [-0.05, 0) is 47.4 Å². The van der Waals surface area contributed by atoms with Gasteiger partial charge in [0, 0.05) is 23.3 Å². The van der Waals surface area contributed by atoms with E-state index < -0.39 is 11.1 Å². The van der Waals surface area contributed by atoms with Gasteiger partial charge in [-0.25, -0.2) is 0 Å². The van der Waals surface area contributed by atoms with Crippen LogP contribution in [0.15, 0.2) is 78.4 Å². The lowest BCUT2D eigenvalue weighted by Crippen LogP contribution is -2.54. The third kappa shape index (κ3) is 2.78. The first kappa shape index (κ1) is 20.2. The molecule has 0 amide bonds. The van der Waals surface area contributed by atoms with Gasteiger partial charge >= 0.3 is 0 Å². The minimum Gasteiger partial charge on any atom is -0.365 e. The lowest BCUT2D eigenvalue weighted by molar-refractivity contribution is 0.0309. The number of likely N-dealkylation sites (N-methyl/N-ethyl adjacent to an activating group) is 1. The number of nitrogens with zero attached hydrogens (tertiary/aromatic N) is 1. The molecular weight excluding hydrogens is 425 g/mol. The molecule has 0 saturated heterocycles. The molecular formula is C27H21Cl2NO. The molecule has 154 valence electrons. The van der Waals surface area contributed by atoms with Crippen molar-refractivity contribution in [1.82, 2.24) is 0 Å². The first-order valence-electron chi connectivity index (χ1n) is 10.2. The molecule has 0 aromatic heterocycles. The minimum atomic E-state index is -1.29. The minimum absolute atomic E-state index is 0.558. The van der Waals surface area contributed by atoms with Gasteiger partial charge in [-0.3, -0.25) is 0 Å². The van der Waals surface area contributed by atoms with E-state index in [4.69, 9.17) is 23.2 Å². The van der Waals surface area contributed by atoms with Crippen LogP contribution in [-0.4, -0.2) is 17.9 Å². The summed E-state index contributed by atoms with van der Waals surface area (Å²) in [6, 6.07) is 23.4. The van der Waals surface area contributed by atoms with Crippen molar-refractivity contribution in [2.45, 2.75) is 24.5 Å². The van der Waals surface area contributed by atoms with E-state index in [0.717, 1.165) is 28.0 Å². The summed E-state index contributed by atoms with van der Waals surface area (Å²) in [5.41, 5.74) is 3.55. The summed E-state index contributed by atoms with van der Waals surface area (Å²) in [4.78, 5) is 1.95. The fourth-order valence-corrected chi connectivity index (χ4v) is 5.50. The van der Waals surface area contributed by atoms with Crippen LogP contribution in [0.2, 0.25) is 10.0 Å². The normalized spacial score (nSPS) is 24.0. The van der Waals surface area contributed by atoms with Crippen molar-refractivity contribution in [2.24, 2.45) is 0 Å². The highest BCUT2D eigenvalue weighted by molar-refractivity contribution is 6.32. The Balaban J connectivity index is 1.77. The van der Waals surface area contributed by atoms with Crippen molar-refractivity contribution in [3.8, 4) is 11.8 Å². The van der Waals surface area contributed by atoms with Gasteiger partial charge in [0.15, 0.2) is 5.72 Å². The highest BCUT2D eigenvalue weighted by atomic mass is 35.5. The molecule has 3 aromatic rings. The van der Waals surface area contributed by atoms with E-state index in [9.17, 15) is 5.11 Å². The molecule has 1 N–H and O–H groups in total. The maximum atomic E-state index is 12.3. The largest absolute Gasteiger partial charge is 0.365 e. The number of aliphatic hydroxyl groups is 1. The Morgan fingerprint density at radius 2 is 1.52 bits per heavy atom. The number of benzene rings is 3. The molecule has 0 radical (unpaired) electrons. The van der Waals surface area contributed by atoms with Crippen molar-refractivity contribution in [2.75, 3.05) is 11.9 Å². The Kier molecular flexibility index (Phi) is 4.68. The smallest absolute Gasteiger partial charge is 0.182 e. The molecule has 1 aliphatic heterocycles. The van der Waals surface area contributed by atoms with Gasteiger partial charge in [0.05, 0.1) is 16.0 Å². The lowest BCUT2D eigenvalue weighted by atomic mass is 9.75. The zero-order chi connectivity index (χ0) is 21.8. The van der Waals surface area contributed by atoms with Gasteiger partial charge in [-0.1, -0.05) is 90.5 Å². The van der Waals surface area contributed by atoms with Crippen molar-refractivity contribution >= 4 is 34.5 Å². The van der Waals surface area contributed by atoms with E-state index in [-0.39, 0.29) is 0 Å². The molecule has 5 rings (SSSR count). The Morgan fingerprint density at radius 3 is 2.26 bits per heavy atom. The van der Waals surface area contributed by atoms with Gasteiger partial charge < -0.3 is 10.0 Å². The standard InChI is InChI=1S/C27H21Cl2NO/c1-26-17-20(19-10-4-7-13-24(19)29)21(16-15-18-9-3-6-12-23(18)28)27(26,31)30(2)25-14-8-5-11-22(25)26/h3-14,31H,17H2,1-2H3. The van der Waals surface area contributed by atoms with E-state index in [2.05, 4.69) is 24.8 Å². The van der Waals surface area contributed by atoms with E-state index >= 15 is 0 Å². The summed E-state index contributed by atoms with van der Waals surface area (Å²) >= 11 is 12.9. The van der Waals surface area contributed by atoms with Crippen LogP contribution in [-0.2, 0) is 5.41 Å². The van der Waals surface area contributed by atoms with Crippen LogP contribution in [0, 0.1) is 11.8 Å². The highest BCUT2D eigenvalue weighted by Crippen LogP contribution is 2.62. The summed E-state index contributed by atoms with van der Waals surface area (Å²) in [5, 5.41) is 13.5. The number of fused-ring (bicyclic) bond motifs is 3. The van der Waals surface area contributed by atoms with Crippen LogP contribution in [0.25, 0.3) is 5.57 Å². The predicted molar refractivity (Wildman–Crippen MR) is 128 cm³/mol. The fourth-order valence-electron chi connectivity index (χ4n) is 5.07. The monoisotopic (exact) mass is 445 g/mol. The van der Waals surface area contributed by atoms with E-state index in [0.29, 0.717) is 22.0 Å². The Morgan fingerprint density at radius 1 is 0.871 bits per heavy atom. The Labute approximate surface area is 192 Å². The molecule has 0 spiro atoms. The van der Waals surface area contributed by atoms with Crippen molar-refractivity contribution in [3.63, 3.8) is 0 Å². The second-order valence-electron chi connectivity index (χ2n) is 8.32. The van der Waals surface area contributed by atoms with Crippen LogP contribution in [0.5, 0.6) is 0 Å². The van der Waals surface area contributed by atoms with E-state index in [1.165, 1.54) is 0 Å². The second-order valence-corrected chi connectivity index (χ2v) is 9.13. The van der Waals surface area contributed by atoms with Gasteiger partial charge in [-0.15, -0.1) is 0 Å². The van der Waals surface area contributed by atoms with Gasteiger partial charge in [0.1, 0.15) is 0 Å². The van der Waals surface area contributed by atoms with Crippen LogP contribution >= 0.6 is 23.2 Å². The number of halogens is 2.